The Balaban J connectivity index is 1.91. The average Bonchev–Trinajstić information content (AvgIpc) is 2.47. The summed E-state index contributed by atoms with van der Waals surface area (Å²) in [5, 5.41) is 3.34. The van der Waals surface area contributed by atoms with Gasteiger partial charge in [0.15, 0.2) is 0 Å². The number of benzene rings is 2. The molecule has 2 aromatic carbocycles. The second-order valence-corrected chi connectivity index (χ2v) is 5.38. The van der Waals surface area contributed by atoms with Crippen molar-refractivity contribution in [3.63, 3.8) is 0 Å². The lowest BCUT2D eigenvalue weighted by Crippen LogP contribution is -2.29. The van der Waals surface area contributed by atoms with Crippen LogP contribution < -0.4 is 10.2 Å². The molecule has 0 amide bonds. The van der Waals surface area contributed by atoms with Gasteiger partial charge in [0.25, 0.3) is 0 Å². The van der Waals surface area contributed by atoms with Crippen LogP contribution in [-0.2, 0) is 0 Å². The Hall–Kier alpha value is -1.55. The molecule has 2 rings (SSSR count). The van der Waals surface area contributed by atoms with Crippen molar-refractivity contribution in [1.29, 1.82) is 0 Å². The maximum absolute atomic E-state index is 13.8. The predicted octanol–water partition coefficient (Wildman–Crippen LogP) is 4.53. The van der Waals surface area contributed by atoms with E-state index >= 15 is 0 Å². The van der Waals surface area contributed by atoms with Crippen molar-refractivity contribution in [3.8, 4) is 0 Å². The van der Waals surface area contributed by atoms with E-state index in [1.807, 2.05) is 48.2 Å². The van der Waals surface area contributed by atoms with Crippen LogP contribution in [0.5, 0.6) is 0 Å². The molecule has 0 heterocycles. The number of hydrogen-bond acceptors (Lipinski definition) is 2. The van der Waals surface area contributed by atoms with Crippen molar-refractivity contribution in [1.82, 2.24) is 0 Å². The van der Waals surface area contributed by atoms with Crippen molar-refractivity contribution >= 4 is 27.3 Å². The molecule has 0 radical (unpaired) electrons. The van der Waals surface area contributed by atoms with Crippen LogP contribution in [0.2, 0.25) is 0 Å². The average molecular weight is 337 g/mol. The number of halogens is 2. The maximum Gasteiger partial charge on any atom is 0.146 e. The van der Waals surface area contributed by atoms with Crippen LogP contribution in [0.1, 0.15) is 6.92 Å². The lowest BCUT2D eigenvalue weighted by molar-refractivity contribution is 0.619. The first-order valence-electron chi connectivity index (χ1n) is 6.69. The summed E-state index contributed by atoms with van der Waals surface area (Å²) in [5.41, 5.74) is 1.73. The fourth-order valence-corrected chi connectivity index (χ4v) is 2.32. The van der Waals surface area contributed by atoms with E-state index in [0.717, 1.165) is 29.8 Å². The third kappa shape index (κ3) is 3.97. The molecular formula is C16H18BrFN2. The number of hydrogen-bond donors (Lipinski definition) is 1. The molecule has 20 heavy (non-hydrogen) atoms. The van der Waals surface area contributed by atoms with E-state index in [9.17, 15) is 4.39 Å². The normalized spacial score (nSPS) is 10.3. The molecule has 2 aromatic rings. The van der Waals surface area contributed by atoms with Gasteiger partial charge in [0.2, 0.25) is 0 Å². The van der Waals surface area contributed by atoms with Gasteiger partial charge in [-0.3, -0.25) is 0 Å². The van der Waals surface area contributed by atoms with Crippen LogP contribution >= 0.6 is 15.9 Å². The summed E-state index contributed by atoms with van der Waals surface area (Å²) in [6.45, 7) is 4.34. The van der Waals surface area contributed by atoms with Crippen molar-refractivity contribution in [3.05, 3.63) is 58.8 Å². The van der Waals surface area contributed by atoms with E-state index in [1.165, 1.54) is 6.07 Å². The first-order valence-corrected chi connectivity index (χ1v) is 7.49. The van der Waals surface area contributed by atoms with Gasteiger partial charge in [0, 0.05) is 29.8 Å². The largest absolute Gasteiger partial charge is 0.383 e. The molecule has 0 saturated heterocycles. The number of rotatable bonds is 6. The van der Waals surface area contributed by atoms with Crippen LogP contribution in [-0.4, -0.2) is 19.6 Å². The Morgan fingerprint density at radius 3 is 2.45 bits per heavy atom. The zero-order chi connectivity index (χ0) is 14.4. The molecule has 0 fully saturated rings. The third-order valence-corrected chi connectivity index (χ3v) is 3.66. The fourth-order valence-electron chi connectivity index (χ4n) is 2.06. The zero-order valence-corrected chi connectivity index (χ0v) is 13.0. The van der Waals surface area contributed by atoms with Gasteiger partial charge in [-0.15, -0.1) is 0 Å². The molecule has 0 spiro atoms. The number of anilines is 2. The number of nitrogens with zero attached hydrogens (tertiary/aromatic N) is 1. The fraction of sp³-hybridized carbons (Fsp3) is 0.250. The van der Waals surface area contributed by atoms with Crippen molar-refractivity contribution in [2.45, 2.75) is 6.92 Å². The van der Waals surface area contributed by atoms with Crippen LogP contribution in [0.4, 0.5) is 15.8 Å². The van der Waals surface area contributed by atoms with Crippen LogP contribution in [0.15, 0.2) is 53.0 Å². The second kappa shape index (κ2) is 7.29. The van der Waals surface area contributed by atoms with E-state index in [0.29, 0.717) is 5.69 Å². The minimum Gasteiger partial charge on any atom is -0.383 e. The lowest BCUT2D eigenvalue weighted by atomic mass is 10.2. The Morgan fingerprint density at radius 1 is 1.10 bits per heavy atom. The van der Waals surface area contributed by atoms with Crippen LogP contribution in [0.3, 0.4) is 0 Å². The first-order chi connectivity index (χ1) is 9.70. The molecule has 0 saturated carbocycles. The molecule has 0 aliphatic rings. The standard InChI is InChI=1S/C16H18BrFN2/c1-2-20(16-6-4-3-5-15(16)18)12-11-19-14-9-7-13(17)8-10-14/h3-10,19H,2,11-12H2,1H3. The van der Waals surface area contributed by atoms with Gasteiger partial charge in [-0.2, -0.15) is 0 Å². The molecular weight excluding hydrogens is 319 g/mol. The van der Waals surface area contributed by atoms with E-state index in [4.69, 9.17) is 0 Å². The van der Waals surface area contributed by atoms with Crippen molar-refractivity contribution in [2.75, 3.05) is 29.9 Å². The number of likely N-dealkylation sites (N-methyl/N-ethyl adjacent to an activating group) is 1. The maximum atomic E-state index is 13.8. The molecule has 0 bridgehead atoms. The van der Waals surface area contributed by atoms with Gasteiger partial charge in [0.1, 0.15) is 5.82 Å². The zero-order valence-electron chi connectivity index (χ0n) is 11.4. The summed E-state index contributed by atoms with van der Waals surface area (Å²) in [5.74, 6) is -0.169. The van der Waals surface area contributed by atoms with E-state index in [-0.39, 0.29) is 5.82 Å². The summed E-state index contributed by atoms with van der Waals surface area (Å²) in [6.07, 6.45) is 0. The minimum atomic E-state index is -0.169. The summed E-state index contributed by atoms with van der Waals surface area (Å²) < 4.78 is 14.8. The molecule has 106 valence electrons. The van der Waals surface area contributed by atoms with Gasteiger partial charge in [-0.05, 0) is 43.3 Å². The van der Waals surface area contributed by atoms with E-state index in [2.05, 4.69) is 21.2 Å². The van der Waals surface area contributed by atoms with Gasteiger partial charge >= 0.3 is 0 Å². The highest BCUT2D eigenvalue weighted by molar-refractivity contribution is 9.10. The molecule has 2 nitrogen and oxygen atoms in total. The van der Waals surface area contributed by atoms with Gasteiger partial charge in [-0.1, -0.05) is 28.1 Å². The van der Waals surface area contributed by atoms with Gasteiger partial charge < -0.3 is 10.2 Å². The number of nitrogens with one attached hydrogen (secondary N) is 1. The smallest absolute Gasteiger partial charge is 0.146 e. The highest BCUT2D eigenvalue weighted by atomic mass is 79.9. The van der Waals surface area contributed by atoms with Crippen LogP contribution in [0, 0.1) is 5.82 Å². The molecule has 0 aliphatic heterocycles. The molecule has 0 atom stereocenters. The second-order valence-electron chi connectivity index (χ2n) is 4.46. The topological polar surface area (TPSA) is 15.3 Å². The summed E-state index contributed by atoms with van der Waals surface area (Å²) in [7, 11) is 0. The minimum absolute atomic E-state index is 0.169. The Morgan fingerprint density at radius 2 is 1.80 bits per heavy atom. The van der Waals surface area contributed by atoms with E-state index < -0.39 is 0 Å². The van der Waals surface area contributed by atoms with E-state index in [1.54, 1.807) is 6.07 Å². The molecule has 0 unspecified atom stereocenters. The molecule has 0 aliphatic carbocycles. The first kappa shape index (κ1) is 14.9. The van der Waals surface area contributed by atoms with Crippen molar-refractivity contribution in [2.24, 2.45) is 0 Å². The third-order valence-electron chi connectivity index (χ3n) is 3.13. The summed E-state index contributed by atoms with van der Waals surface area (Å²) >= 11 is 3.41. The number of para-hydroxylation sites is 1. The summed E-state index contributed by atoms with van der Waals surface area (Å²) in [4.78, 5) is 2.03. The quantitative estimate of drug-likeness (QED) is 0.833. The van der Waals surface area contributed by atoms with Gasteiger partial charge in [-0.25, -0.2) is 4.39 Å². The molecule has 4 heteroatoms. The molecule has 0 aromatic heterocycles. The Labute approximate surface area is 127 Å². The van der Waals surface area contributed by atoms with Crippen molar-refractivity contribution < 1.29 is 4.39 Å². The summed E-state index contributed by atoms with van der Waals surface area (Å²) in [6, 6.07) is 14.9. The SMILES string of the molecule is CCN(CCNc1ccc(Br)cc1)c1ccccc1F. The lowest BCUT2D eigenvalue weighted by Gasteiger charge is -2.24. The highest BCUT2D eigenvalue weighted by Gasteiger charge is 2.08. The Kier molecular flexibility index (Phi) is 5.41. The predicted molar refractivity (Wildman–Crippen MR) is 86.9 cm³/mol. The molecule has 1 N–H and O–H groups in total. The van der Waals surface area contributed by atoms with Crippen LogP contribution in [0.25, 0.3) is 0 Å². The Bertz CT molecular complexity index is 542. The highest BCUT2D eigenvalue weighted by Crippen LogP contribution is 2.18. The van der Waals surface area contributed by atoms with Gasteiger partial charge in [0.05, 0.1) is 5.69 Å². The monoisotopic (exact) mass is 336 g/mol.